The van der Waals surface area contributed by atoms with Crippen LogP contribution in [0.5, 0.6) is 0 Å². The molecule has 20 heavy (non-hydrogen) atoms. The van der Waals surface area contributed by atoms with Gasteiger partial charge in [-0.1, -0.05) is 0 Å². The number of imidazole rings is 1. The third kappa shape index (κ3) is 4.34. The Hall–Kier alpha value is -1.90. The molecule has 0 spiro atoms. The Labute approximate surface area is 116 Å². The minimum atomic E-state index is -3.53. The summed E-state index contributed by atoms with van der Waals surface area (Å²) in [6.07, 6.45) is 4.03. The monoisotopic (exact) mass is 303 g/mol. The van der Waals surface area contributed by atoms with Crippen molar-refractivity contribution in [2.24, 2.45) is 0 Å². The third-order valence-electron chi connectivity index (χ3n) is 2.79. The van der Waals surface area contributed by atoms with E-state index in [1.165, 1.54) is 26.6 Å². The summed E-state index contributed by atoms with van der Waals surface area (Å²) in [7, 11) is -2.34. The number of amides is 1. The van der Waals surface area contributed by atoms with Crippen molar-refractivity contribution in [1.82, 2.24) is 15.3 Å². The van der Waals surface area contributed by atoms with E-state index in [0.717, 1.165) is 6.26 Å². The number of rotatable bonds is 6. The summed E-state index contributed by atoms with van der Waals surface area (Å²) in [6.45, 7) is 1.26. The number of aromatic nitrogens is 2. The number of H-pyrrole nitrogens is 1. The van der Waals surface area contributed by atoms with E-state index in [9.17, 15) is 18.0 Å². The van der Waals surface area contributed by atoms with Crippen LogP contribution < -0.4 is 5.32 Å². The maximum Gasteiger partial charge on any atom is 0.328 e. The normalized spacial score (nSPS) is 14.3. The Morgan fingerprint density at radius 1 is 1.50 bits per heavy atom. The molecule has 8 nitrogen and oxygen atoms in total. The van der Waals surface area contributed by atoms with E-state index in [4.69, 9.17) is 0 Å². The van der Waals surface area contributed by atoms with Gasteiger partial charge in [-0.25, -0.2) is 18.2 Å². The second kappa shape index (κ2) is 6.51. The van der Waals surface area contributed by atoms with Gasteiger partial charge in [-0.3, -0.25) is 4.79 Å². The van der Waals surface area contributed by atoms with Crippen molar-refractivity contribution in [3.05, 3.63) is 18.2 Å². The molecule has 0 saturated heterocycles. The van der Waals surface area contributed by atoms with Crippen molar-refractivity contribution in [2.75, 3.05) is 13.4 Å². The van der Waals surface area contributed by atoms with Gasteiger partial charge in [0.05, 0.1) is 13.4 Å². The summed E-state index contributed by atoms with van der Waals surface area (Å²) in [5.74, 6) is -1.41. The number of ether oxygens (including phenoxy) is 1. The zero-order valence-corrected chi connectivity index (χ0v) is 12.2. The quantitative estimate of drug-likeness (QED) is 0.654. The van der Waals surface area contributed by atoms with E-state index in [1.807, 2.05) is 0 Å². The van der Waals surface area contributed by atoms with E-state index in [1.54, 1.807) is 0 Å². The van der Waals surface area contributed by atoms with Gasteiger partial charge in [-0.2, -0.15) is 0 Å². The van der Waals surface area contributed by atoms with Gasteiger partial charge in [-0.05, 0) is 6.92 Å². The molecular formula is C11H17N3O5S. The number of sulfone groups is 1. The second-order valence-electron chi connectivity index (χ2n) is 4.34. The molecule has 0 saturated carbocycles. The molecule has 112 valence electrons. The summed E-state index contributed by atoms with van der Waals surface area (Å²) in [5.41, 5.74) is 0.618. The predicted octanol–water partition coefficient (Wildman–Crippen LogP) is -0.957. The van der Waals surface area contributed by atoms with Crippen LogP contribution in [-0.2, 0) is 30.6 Å². The topological polar surface area (TPSA) is 118 Å². The number of esters is 1. The minimum absolute atomic E-state index is 0.134. The zero-order valence-electron chi connectivity index (χ0n) is 11.4. The van der Waals surface area contributed by atoms with Gasteiger partial charge in [-0.15, -0.1) is 0 Å². The van der Waals surface area contributed by atoms with Gasteiger partial charge in [0.1, 0.15) is 11.3 Å². The number of carbonyl (C=O) groups excluding carboxylic acids is 2. The van der Waals surface area contributed by atoms with E-state index >= 15 is 0 Å². The van der Waals surface area contributed by atoms with Crippen LogP contribution in [0.2, 0.25) is 0 Å². The molecule has 0 aromatic carbocycles. The first-order valence-electron chi connectivity index (χ1n) is 5.80. The molecule has 2 atom stereocenters. The molecule has 0 fully saturated rings. The van der Waals surface area contributed by atoms with Gasteiger partial charge in [0.2, 0.25) is 5.91 Å². The summed E-state index contributed by atoms with van der Waals surface area (Å²) >= 11 is 0. The SMILES string of the molecule is COC(=O)[C@H](Cc1cnc[nH]1)NC(=O)C(C)S(C)(=O)=O. The first-order chi connectivity index (χ1) is 9.25. The Balaban J connectivity index is 2.80. The summed E-state index contributed by atoms with van der Waals surface area (Å²) in [6, 6.07) is -0.975. The number of aromatic amines is 1. The maximum absolute atomic E-state index is 11.8. The zero-order chi connectivity index (χ0) is 15.3. The Morgan fingerprint density at radius 2 is 2.15 bits per heavy atom. The third-order valence-corrected chi connectivity index (χ3v) is 4.29. The smallest absolute Gasteiger partial charge is 0.328 e. The minimum Gasteiger partial charge on any atom is -0.467 e. The highest BCUT2D eigenvalue weighted by Crippen LogP contribution is 2.03. The highest BCUT2D eigenvalue weighted by Gasteiger charge is 2.29. The molecule has 1 rings (SSSR count). The number of methoxy groups -OCH3 is 1. The van der Waals surface area contributed by atoms with Gasteiger partial charge < -0.3 is 15.0 Å². The lowest BCUT2D eigenvalue weighted by atomic mass is 10.1. The van der Waals surface area contributed by atoms with Gasteiger partial charge in [0.15, 0.2) is 9.84 Å². The highest BCUT2D eigenvalue weighted by molar-refractivity contribution is 7.92. The Morgan fingerprint density at radius 3 is 2.60 bits per heavy atom. The molecule has 1 amide bonds. The fourth-order valence-electron chi connectivity index (χ4n) is 1.44. The van der Waals surface area contributed by atoms with Crippen LogP contribution >= 0.6 is 0 Å². The van der Waals surface area contributed by atoms with Crippen molar-refractivity contribution in [3.8, 4) is 0 Å². The maximum atomic E-state index is 11.8. The van der Waals surface area contributed by atoms with Gasteiger partial charge in [0, 0.05) is 24.6 Å². The van der Waals surface area contributed by atoms with E-state index in [2.05, 4.69) is 20.0 Å². The summed E-state index contributed by atoms with van der Waals surface area (Å²) in [5, 5.41) is 1.13. The van der Waals surface area contributed by atoms with Crippen LogP contribution in [0.15, 0.2) is 12.5 Å². The number of carbonyl (C=O) groups is 2. The lowest BCUT2D eigenvalue weighted by Crippen LogP contribution is -2.48. The second-order valence-corrected chi connectivity index (χ2v) is 6.70. The van der Waals surface area contributed by atoms with Gasteiger partial charge >= 0.3 is 5.97 Å². The Kier molecular flexibility index (Phi) is 5.26. The lowest BCUT2D eigenvalue weighted by Gasteiger charge is -2.18. The fourth-order valence-corrected chi connectivity index (χ4v) is 1.89. The first kappa shape index (κ1) is 16.2. The van der Waals surface area contributed by atoms with Crippen LogP contribution in [0.25, 0.3) is 0 Å². The lowest BCUT2D eigenvalue weighted by molar-refractivity contribution is -0.145. The molecule has 0 radical (unpaired) electrons. The molecule has 1 aromatic heterocycles. The molecule has 1 aromatic rings. The number of nitrogens with one attached hydrogen (secondary N) is 2. The number of hydrogen-bond acceptors (Lipinski definition) is 6. The van der Waals surface area contributed by atoms with E-state index in [0.29, 0.717) is 5.69 Å². The van der Waals surface area contributed by atoms with Crippen LogP contribution in [0, 0.1) is 0 Å². The van der Waals surface area contributed by atoms with Gasteiger partial charge in [0.25, 0.3) is 0 Å². The molecule has 1 heterocycles. The standard InChI is InChI=1S/C11H17N3O5S/c1-7(20(3,17)18)10(15)14-9(11(16)19-2)4-8-5-12-6-13-8/h5-7,9H,4H2,1-3H3,(H,12,13)(H,14,15)/t7?,9-/m0/s1. The highest BCUT2D eigenvalue weighted by atomic mass is 32.2. The number of nitrogens with zero attached hydrogens (tertiary/aromatic N) is 1. The Bertz CT molecular complexity index is 567. The average Bonchev–Trinajstić information content (AvgIpc) is 2.87. The molecule has 0 bridgehead atoms. The molecule has 0 aliphatic carbocycles. The van der Waals surface area contributed by atoms with Crippen molar-refractivity contribution in [2.45, 2.75) is 24.6 Å². The molecule has 0 aliphatic heterocycles. The van der Waals surface area contributed by atoms with Crippen LogP contribution in [0.1, 0.15) is 12.6 Å². The summed E-state index contributed by atoms with van der Waals surface area (Å²) in [4.78, 5) is 30.0. The van der Waals surface area contributed by atoms with Crippen LogP contribution in [0.3, 0.4) is 0 Å². The summed E-state index contributed by atoms with van der Waals surface area (Å²) < 4.78 is 27.2. The number of hydrogen-bond donors (Lipinski definition) is 2. The fraction of sp³-hybridized carbons (Fsp3) is 0.545. The van der Waals surface area contributed by atoms with Crippen molar-refractivity contribution >= 4 is 21.7 Å². The first-order valence-corrected chi connectivity index (χ1v) is 7.75. The van der Waals surface area contributed by atoms with Crippen LogP contribution in [-0.4, -0.2) is 54.9 Å². The molecule has 0 aliphatic rings. The predicted molar refractivity (Wildman–Crippen MR) is 70.5 cm³/mol. The van der Waals surface area contributed by atoms with Crippen molar-refractivity contribution < 1.29 is 22.7 Å². The van der Waals surface area contributed by atoms with Crippen LogP contribution in [0.4, 0.5) is 0 Å². The molecular weight excluding hydrogens is 286 g/mol. The van der Waals surface area contributed by atoms with Crippen molar-refractivity contribution in [1.29, 1.82) is 0 Å². The average molecular weight is 303 g/mol. The molecule has 9 heteroatoms. The van der Waals surface area contributed by atoms with E-state index < -0.39 is 33.0 Å². The largest absolute Gasteiger partial charge is 0.467 e. The van der Waals surface area contributed by atoms with Crippen molar-refractivity contribution in [3.63, 3.8) is 0 Å². The van der Waals surface area contributed by atoms with E-state index in [-0.39, 0.29) is 6.42 Å². The molecule has 2 N–H and O–H groups in total. The molecule has 1 unspecified atom stereocenters.